The predicted octanol–water partition coefficient (Wildman–Crippen LogP) is 2.11. The third kappa shape index (κ3) is 2.66. The van der Waals surface area contributed by atoms with Gasteiger partial charge in [-0.25, -0.2) is 4.98 Å². The maximum atomic E-state index is 13.2. The number of nitrogens with zero attached hydrogens (tertiary/aromatic N) is 1. The fourth-order valence-corrected chi connectivity index (χ4v) is 1.55. The van der Waals surface area contributed by atoms with Gasteiger partial charge in [0.05, 0.1) is 0 Å². The number of nitrogens with two attached hydrogens (primary N) is 1. The number of aromatic nitrogens is 1. The molecule has 0 radical (unpaired) electrons. The number of ether oxygens (including phenoxy) is 1. The zero-order chi connectivity index (χ0) is 12.6. The molecule has 1 aliphatic rings. The molecule has 0 atom stereocenters. The van der Waals surface area contributed by atoms with Crippen molar-refractivity contribution in [1.29, 1.82) is 0 Å². The first-order chi connectivity index (χ1) is 7.86. The van der Waals surface area contributed by atoms with E-state index in [0.29, 0.717) is 18.9 Å². The Bertz CT molecular complexity index is 415. The SMILES string of the molecule is NC1CC(Oc2ccc(C(F)(F)F)nc2F)C1. The summed E-state index contributed by atoms with van der Waals surface area (Å²) in [6.45, 7) is 0. The second-order valence-electron chi connectivity index (χ2n) is 3.95. The van der Waals surface area contributed by atoms with Crippen molar-refractivity contribution in [2.45, 2.75) is 31.2 Å². The summed E-state index contributed by atoms with van der Waals surface area (Å²) in [6.07, 6.45) is -3.75. The highest BCUT2D eigenvalue weighted by Gasteiger charge is 2.34. The zero-order valence-electron chi connectivity index (χ0n) is 8.67. The molecule has 1 aromatic rings. The molecule has 0 aliphatic heterocycles. The van der Waals surface area contributed by atoms with E-state index in [-0.39, 0.29) is 17.9 Å². The summed E-state index contributed by atoms with van der Waals surface area (Å²) in [5.41, 5.74) is 4.23. The Hall–Kier alpha value is -1.37. The van der Waals surface area contributed by atoms with Crippen LogP contribution in [0.15, 0.2) is 12.1 Å². The second-order valence-corrected chi connectivity index (χ2v) is 3.95. The maximum absolute atomic E-state index is 13.2. The van der Waals surface area contributed by atoms with Gasteiger partial charge in [-0.05, 0) is 25.0 Å². The topological polar surface area (TPSA) is 48.1 Å². The van der Waals surface area contributed by atoms with Gasteiger partial charge in [0.1, 0.15) is 11.8 Å². The van der Waals surface area contributed by atoms with E-state index < -0.39 is 17.8 Å². The average Bonchev–Trinajstić information content (AvgIpc) is 2.16. The van der Waals surface area contributed by atoms with Crippen LogP contribution >= 0.6 is 0 Å². The third-order valence-electron chi connectivity index (χ3n) is 2.53. The fourth-order valence-electron chi connectivity index (χ4n) is 1.55. The van der Waals surface area contributed by atoms with Gasteiger partial charge < -0.3 is 10.5 Å². The van der Waals surface area contributed by atoms with Gasteiger partial charge >= 0.3 is 6.18 Å². The Kier molecular flexibility index (Phi) is 2.94. The van der Waals surface area contributed by atoms with Gasteiger partial charge in [-0.2, -0.15) is 17.6 Å². The first-order valence-corrected chi connectivity index (χ1v) is 5.02. The Morgan fingerprint density at radius 3 is 2.41 bits per heavy atom. The Balaban J connectivity index is 2.09. The summed E-state index contributed by atoms with van der Waals surface area (Å²) >= 11 is 0. The van der Waals surface area contributed by atoms with Crippen molar-refractivity contribution in [3.63, 3.8) is 0 Å². The Morgan fingerprint density at radius 2 is 1.94 bits per heavy atom. The first-order valence-electron chi connectivity index (χ1n) is 5.02. The summed E-state index contributed by atoms with van der Waals surface area (Å²) in [5, 5.41) is 0. The lowest BCUT2D eigenvalue weighted by Crippen LogP contribution is -2.43. The summed E-state index contributed by atoms with van der Waals surface area (Å²) in [5.74, 6) is -1.52. The van der Waals surface area contributed by atoms with Crippen molar-refractivity contribution < 1.29 is 22.3 Å². The lowest BCUT2D eigenvalue weighted by molar-refractivity contribution is -0.141. The minimum absolute atomic E-state index is 0.0190. The Labute approximate surface area is 94.6 Å². The van der Waals surface area contributed by atoms with Crippen LogP contribution in [0.3, 0.4) is 0 Å². The van der Waals surface area contributed by atoms with Gasteiger partial charge in [0.25, 0.3) is 5.95 Å². The Morgan fingerprint density at radius 1 is 1.29 bits per heavy atom. The number of pyridine rings is 1. The maximum Gasteiger partial charge on any atom is 0.433 e. The summed E-state index contributed by atoms with van der Waals surface area (Å²) in [6, 6.07) is 1.65. The highest BCUT2D eigenvalue weighted by Crippen LogP contribution is 2.31. The molecular formula is C10H10F4N2O. The van der Waals surface area contributed by atoms with Crippen LogP contribution in [0.4, 0.5) is 17.6 Å². The summed E-state index contributed by atoms with van der Waals surface area (Å²) in [4.78, 5) is 2.83. The van der Waals surface area contributed by atoms with E-state index in [1.54, 1.807) is 0 Å². The van der Waals surface area contributed by atoms with E-state index in [1.165, 1.54) is 0 Å². The van der Waals surface area contributed by atoms with Crippen LogP contribution in [-0.2, 0) is 6.18 Å². The quantitative estimate of drug-likeness (QED) is 0.646. The lowest BCUT2D eigenvalue weighted by Gasteiger charge is -2.32. The number of hydrogen-bond acceptors (Lipinski definition) is 3. The number of rotatable bonds is 2. The lowest BCUT2D eigenvalue weighted by atomic mass is 9.90. The van der Waals surface area contributed by atoms with Crippen LogP contribution < -0.4 is 10.5 Å². The smallest absolute Gasteiger partial charge is 0.433 e. The monoisotopic (exact) mass is 250 g/mol. The van der Waals surface area contributed by atoms with Crippen molar-refractivity contribution in [2.24, 2.45) is 5.73 Å². The normalized spacial score (nSPS) is 24.3. The van der Waals surface area contributed by atoms with E-state index in [1.807, 2.05) is 0 Å². The minimum atomic E-state index is -4.65. The molecule has 7 heteroatoms. The molecule has 0 unspecified atom stereocenters. The van der Waals surface area contributed by atoms with Crippen LogP contribution in [-0.4, -0.2) is 17.1 Å². The molecule has 0 amide bonds. The van der Waals surface area contributed by atoms with E-state index in [0.717, 1.165) is 6.07 Å². The first kappa shape index (κ1) is 12.1. The van der Waals surface area contributed by atoms with Gasteiger partial charge in [-0.1, -0.05) is 0 Å². The van der Waals surface area contributed by atoms with Crippen LogP contribution in [0.5, 0.6) is 5.75 Å². The van der Waals surface area contributed by atoms with Crippen molar-refractivity contribution in [3.8, 4) is 5.75 Å². The molecule has 1 heterocycles. The summed E-state index contributed by atoms with van der Waals surface area (Å²) in [7, 11) is 0. The minimum Gasteiger partial charge on any atom is -0.486 e. The van der Waals surface area contributed by atoms with Gasteiger partial charge in [-0.3, -0.25) is 0 Å². The molecule has 0 aromatic carbocycles. The molecule has 2 rings (SSSR count). The number of halogens is 4. The molecular weight excluding hydrogens is 240 g/mol. The van der Waals surface area contributed by atoms with E-state index in [4.69, 9.17) is 10.5 Å². The summed E-state index contributed by atoms with van der Waals surface area (Å²) < 4.78 is 55.0. The van der Waals surface area contributed by atoms with Crippen molar-refractivity contribution >= 4 is 0 Å². The van der Waals surface area contributed by atoms with Gasteiger partial charge in [0.2, 0.25) is 0 Å². The molecule has 94 valence electrons. The van der Waals surface area contributed by atoms with Gasteiger partial charge in [-0.15, -0.1) is 0 Å². The van der Waals surface area contributed by atoms with Gasteiger partial charge in [0, 0.05) is 6.04 Å². The molecule has 1 aromatic heterocycles. The highest BCUT2D eigenvalue weighted by molar-refractivity contribution is 5.23. The highest BCUT2D eigenvalue weighted by atomic mass is 19.4. The molecule has 1 fully saturated rings. The van der Waals surface area contributed by atoms with Crippen molar-refractivity contribution in [1.82, 2.24) is 4.98 Å². The van der Waals surface area contributed by atoms with E-state index >= 15 is 0 Å². The standard InChI is InChI=1S/C10H10F4N2O/c11-9-7(17-6-3-5(15)4-6)1-2-8(16-9)10(12,13)14/h1-2,5-6H,3-4,15H2. The van der Waals surface area contributed by atoms with Gasteiger partial charge in [0.15, 0.2) is 5.75 Å². The number of alkyl halides is 3. The fraction of sp³-hybridized carbons (Fsp3) is 0.500. The molecule has 1 aliphatic carbocycles. The largest absolute Gasteiger partial charge is 0.486 e. The molecule has 17 heavy (non-hydrogen) atoms. The van der Waals surface area contributed by atoms with Crippen LogP contribution in [0.1, 0.15) is 18.5 Å². The third-order valence-corrected chi connectivity index (χ3v) is 2.53. The average molecular weight is 250 g/mol. The predicted molar refractivity (Wildman–Crippen MR) is 50.8 cm³/mol. The molecule has 0 spiro atoms. The number of hydrogen-bond donors (Lipinski definition) is 1. The molecule has 3 nitrogen and oxygen atoms in total. The molecule has 1 saturated carbocycles. The van der Waals surface area contributed by atoms with Crippen LogP contribution in [0.2, 0.25) is 0 Å². The zero-order valence-corrected chi connectivity index (χ0v) is 8.67. The van der Waals surface area contributed by atoms with Crippen molar-refractivity contribution in [3.05, 3.63) is 23.8 Å². The van der Waals surface area contributed by atoms with E-state index in [9.17, 15) is 17.6 Å². The molecule has 0 saturated heterocycles. The molecule has 0 bridgehead atoms. The van der Waals surface area contributed by atoms with Crippen LogP contribution in [0.25, 0.3) is 0 Å². The van der Waals surface area contributed by atoms with Crippen LogP contribution in [0, 0.1) is 5.95 Å². The second kappa shape index (κ2) is 4.14. The molecule has 2 N–H and O–H groups in total. The van der Waals surface area contributed by atoms with Crippen molar-refractivity contribution in [2.75, 3.05) is 0 Å². The van der Waals surface area contributed by atoms with E-state index in [2.05, 4.69) is 4.98 Å².